The van der Waals surface area contributed by atoms with E-state index in [0.29, 0.717) is 24.9 Å². The van der Waals surface area contributed by atoms with Crippen LogP contribution in [0.2, 0.25) is 0 Å². The Balaban J connectivity index is -0.0000520. The molecular formula is C54H92GdN9O41. The van der Waals surface area contributed by atoms with Crippen LogP contribution in [-0.4, -0.2) is 473 Å². The minimum atomic E-state index is -2.09. The minimum Gasteiger partial charge on any atom is -0.549 e. The number of carboxylic acids is 3. The number of hydrogen-bond donors (Lipinski definition) is 20. The molecule has 51 heteroatoms. The van der Waals surface area contributed by atoms with Crippen LogP contribution in [0, 0.1) is 39.9 Å². The molecule has 0 rings (SSSR count). The summed E-state index contributed by atoms with van der Waals surface area (Å²) in [6.07, 6.45) is -30.0. The number of hydrogen-bond acceptors (Lipinski definition) is 47. The van der Waals surface area contributed by atoms with Crippen LogP contribution in [0.4, 0.5) is 0 Å². The molecular weight excluding hydrogens is 1590 g/mol. The molecule has 607 valence electrons. The molecule has 0 fully saturated rings. The van der Waals surface area contributed by atoms with E-state index in [1.807, 2.05) is 0 Å². The van der Waals surface area contributed by atoms with Crippen molar-refractivity contribution >= 4 is 78.5 Å². The molecule has 0 saturated carbocycles. The maximum absolute atomic E-state index is 13.9. The van der Waals surface area contributed by atoms with E-state index in [4.69, 9.17) is 39.4 Å². The van der Waals surface area contributed by atoms with Crippen LogP contribution in [0.3, 0.4) is 0 Å². The number of rotatable bonds is 60. The largest absolute Gasteiger partial charge is 3.00 e. The van der Waals surface area contributed by atoms with Crippen LogP contribution in [0.15, 0.2) is 20.6 Å². The van der Waals surface area contributed by atoms with Gasteiger partial charge in [0.2, 0.25) is 38.2 Å². The van der Waals surface area contributed by atoms with E-state index < -0.39 is 316 Å². The van der Waals surface area contributed by atoms with E-state index >= 15 is 0 Å². The predicted octanol–water partition coefficient (Wildman–Crippen LogP) is -22.1. The molecule has 22 N–H and O–H groups in total. The number of carbonyl (C=O) groups is 9. The third-order valence-electron chi connectivity index (χ3n) is 13.4. The number of aliphatic carboxylic acids is 3. The standard InChI is InChI=1S/C54H93N9O40.Gd.H2O/c64-22-34(72)51(92)47(88)30(68)13-55-100-26-43(84)96-9-5-62(6-10-97-44(85)27-101-56-14-31(69)48(89)52(93)35(73)23-65)38(76)17-60(20-41(80)81)3-1-59(19-40(78)79)2-4-61(21-42(82)83)18-39(77)63(7-11-98-45(86)28-102-57-15-32(70)49(90)53(94)36(74)24-66)8-12-99-46(87)29-103-58-16-33(71)50(91)54(95)37(75)25-67;;/h13-16,30-37,47-54,64-75,88-95H,1-12,17-29H2,(H,78,79)(H,80,81)(H,82,83);;1H2/q;+3;/p-3/b55-13+,56-14+,57-15+,58-16+;;/t30-,31-,32-,33-,34+,35+,36+,37+,47+,48+,49+,50+,51-,52-,53-,54-;;/m0../s1. The predicted molar refractivity (Wildman–Crippen MR) is 327 cm³/mol. The SMILES string of the molecule is O.O=C([O-])CN(CCN(CC(=O)[O-])CC(=O)N(CCOC(=O)CO/N=C/[C@H](O)[C@@H](O)[C@@H](O)[C@H](O)CO)CCOC(=O)CO/N=C/[C@H](O)[C@@H](O)[C@@H](O)[C@H](O)CO)CCN(CC(=O)[O-])CC(=O)N(CCOC(=O)CO/N=C/[C@H](O)[C@@H](O)[C@@H](O)[C@H](O)CO)CCOC(=O)CO/N=C/[C@H](O)[C@@H](O)[C@@H](O)[C@H](O)CO.[Gd+3]. The van der Waals surface area contributed by atoms with Crippen molar-refractivity contribution in [1.29, 1.82) is 0 Å². The molecule has 16 atom stereocenters. The second kappa shape index (κ2) is 58.6. The first-order valence-electron chi connectivity index (χ1n) is 30.4. The molecule has 50 nitrogen and oxygen atoms in total. The number of aliphatic hydroxyl groups is 20. The van der Waals surface area contributed by atoms with Gasteiger partial charge in [-0.1, -0.05) is 20.6 Å². The Morgan fingerprint density at radius 1 is 0.314 bits per heavy atom. The van der Waals surface area contributed by atoms with E-state index in [-0.39, 0.29) is 45.4 Å². The second-order valence-corrected chi connectivity index (χ2v) is 21.5. The maximum atomic E-state index is 13.9. The topological polar surface area (TPSA) is 798 Å². The number of esters is 4. The maximum Gasteiger partial charge on any atom is 3.00 e. The molecule has 0 bridgehead atoms. The molecule has 1 radical (unpaired) electrons. The van der Waals surface area contributed by atoms with E-state index in [1.165, 1.54) is 0 Å². The molecule has 0 aliphatic rings. The zero-order valence-corrected chi connectivity index (χ0v) is 58.0. The Morgan fingerprint density at radius 2 is 0.514 bits per heavy atom. The van der Waals surface area contributed by atoms with Crippen molar-refractivity contribution in [3.63, 3.8) is 0 Å². The summed E-state index contributed by atoms with van der Waals surface area (Å²) in [5.41, 5.74) is 0. The Bertz CT molecular complexity index is 2330. The zero-order valence-electron chi connectivity index (χ0n) is 55.7. The molecule has 0 aromatic heterocycles. The number of carboxylic acid groups (broad SMARTS) is 3. The first-order valence-corrected chi connectivity index (χ1v) is 30.4. The van der Waals surface area contributed by atoms with Gasteiger partial charge in [-0.3, -0.25) is 24.3 Å². The number of amides is 2. The van der Waals surface area contributed by atoms with Crippen molar-refractivity contribution in [1.82, 2.24) is 24.5 Å². The molecule has 0 aromatic carbocycles. The van der Waals surface area contributed by atoms with Crippen LogP contribution in [0.1, 0.15) is 0 Å². The summed E-state index contributed by atoms with van der Waals surface area (Å²) in [6, 6.07) is 0. The summed E-state index contributed by atoms with van der Waals surface area (Å²) in [5.74, 6) is -12.1. The van der Waals surface area contributed by atoms with Gasteiger partial charge in [-0.15, -0.1) is 0 Å². The van der Waals surface area contributed by atoms with Gasteiger partial charge in [0.15, 0.2) is 0 Å². The van der Waals surface area contributed by atoms with E-state index in [2.05, 4.69) is 40.0 Å². The first-order chi connectivity index (χ1) is 48.5. The molecule has 2 amide bonds. The van der Waals surface area contributed by atoms with Gasteiger partial charge in [-0.05, 0) is 0 Å². The molecule has 0 spiro atoms. The van der Waals surface area contributed by atoms with Crippen LogP contribution in [0.5, 0.6) is 0 Å². The fourth-order valence-corrected chi connectivity index (χ4v) is 7.65. The van der Waals surface area contributed by atoms with Gasteiger partial charge in [0, 0.05) is 45.8 Å². The first kappa shape index (κ1) is 103. The normalized spacial score (nSPS) is 16.4. The summed E-state index contributed by atoms with van der Waals surface area (Å²) in [7, 11) is 0. The van der Waals surface area contributed by atoms with Crippen molar-refractivity contribution < 1.29 is 244 Å². The quantitative estimate of drug-likeness (QED) is 0.0116. The Hall–Kier alpha value is -6.53. The van der Waals surface area contributed by atoms with Crippen LogP contribution in [0.25, 0.3) is 0 Å². The van der Waals surface area contributed by atoms with Crippen molar-refractivity contribution in [2.24, 2.45) is 20.6 Å². The molecule has 0 aliphatic carbocycles. The fourth-order valence-electron chi connectivity index (χ4n) is 7.65. The zero-order chi connectivity index (χ0) is 78.3. The van der Waals surface area contributed by atoms with Gasteiger partial charge in [0.25, 0.3) is 0 Å². The van der Waals surface area contributed by atoms with Gasteiger partial charge in [-0.25, -0.2) is 19.2 Å². The second-order valence-electron chi connectivity index (χ2n) is 21.5. The third-order valence-corrected chi connectivity index (χ3v) is 13.4. The number of nitrogens with zero attached hydrogens (tertiary/aromatic N) is 9. The Kier molecular flexibility index (Phi) is 57.2. The van der Waals surface area contributed by atoms with Crippen molar-refractivity contribution in [2.75, 3.05) is 164 Å². The smallest absolute Gasteiger partial charge is 0.549 e. The Morgan fingerprint density at radius 3 is 0.714 bits per heavy atom. The van der Waals surface area contributed by atoms with E-state index in [1.54, 1.807) is 0 Å². The fraction of sp³-hybridized carbons (Fsp3) is 0.759. The van der Waals surface area contributed by atoms with Crippen molar-refractivity contribution in [3.05, 3.63) is 0 Å². The van der Waals surface area contributed by atoms with Crippen LogP contribution in [-0.2, 0) is 81.4 Å². The van der Waals surface area contributed by atoms with Crippen LogP contribution < -0.4 is 15.3 Å². The summed E-state index contributed by atoms with van der Waals surface area (Å²) >= 11 is 0. The molecule has 105 heavy (non-hydrogen) atoms. The Labute approximate surface area is 627 Å². The number of aliphatic hydroxyl groups excluding tert-OH is 20. The third kappa shape index (κ3) is 45.7. The molecule has 0 heterocycles. The van der Waals surface area contributed by atoms with Gasteiger partial charge in [0.1, 0.15) is 124 Å². The van der Waals surface area contributed by atoms with E-state index in [0.717, 1.165) is 24.5 Å². The molecule has 0 unspecified atom stereocenters. The summed E-state index contributed by atoms with van der Waals surface area (Å²) in [4.78, 5) is 137. The summed E-state index contributed by atoms with van der Waals surface area (Å²) in [5, 5.41) is 241. The van der Waals surface area contributed by atoms with Gasteiger partial charge in [-0.2, -0.15) is 0 Å². The van der Waals surface area contributed by atoms with Crippen LogP contribution >= 0.6 is 0 Å². The average Bonchev–Trinajstić information content (AvgIpc) is 0.854. The van der Waals surface area contributed by atoms with Gasteiger partial charge < -0.3 is 185 Å². The number of ether oxygens (including phenoxy) is 4. The van der Waals surface area contributed by atoms with Crippen molar-refractivity contribution in [2.45, 2.75) is 97.7 Å². The molecule has 0 aliphatic heterocycles. The van der Waals surface area contributed by atoms with Gasteiger partial charge in [0.05, 0.1) is 108 Å². The van der Waals surface area contributed by atoms with Gasteiger partial charge >= 0.3 is 63.8 Å². The average molecular weight is 1680 g/mol. The summed E-state index contributed by atoms with van der Waals surface area (Å²) < 4.78 is 20.1. The summed E-state index contributed by atoms with van der Waals surface area (Å²) in [6.45, 7) is -19.9. The number of oxime groups is 4. The van der Waals surface area contributed by atoms with Crippen molar-refractivity contribution in [3.8, 4) is 0 Å². The van der Waals surface area contributed by atoms with E-state index in [9.17, 15) is 140 Å². The monoisotopic (exact) mass is 1680 g/mol. The number of carbonyl (C=O) groups excluding carboxylic acids is 9. The molecule has 0 saturated heterocycles. The minimum absolute atomic E-state index is 0. The molecule has 0 aromatic rings.